The second-order valence-corrected chi connectivity index (χ2v) is 13.7. The molecule has 0 atom stereocenters. The first-order chi connectivity index (χ1) is 24.5. The second kappa shape index (κ2) is 20.9. The van der Waals surface area contributed by atoms with Gasteiger partial charge in [-0.25, -0.2) is 13.7 Å². The summed E-state index contributed by atoms with van der Waals surface area (Å²) < 4.78 is 64.4. The molecule has 3 N–H and O–H groups in total. The molecule has 267 valence electrons. The molecule has 0 aliphatic heterocycles. The minimum Gasteiger partial charge on any atom is -0.395 e. The number of hydrogen-bond donors (Lipinski definition) is 3. The van der Waals surface area contributed by atoms with Gasteiger partial charge in [0.1, 0.15) is 34.5 Å². The Labute approximate surface area is 311 Å². The van der Waals surface area contributed by atoms with Crippen molar-refractivity contribution >= 4 is 40.8 Å². The smallest absolute Gasteiger partial charge is 0.395 e. The summed E-state index contributed by atoms with van der Waals surface area (Å²) >= 11 is 0. The van der Waals surface area contributed by atoms with Gasteiger partial charge in [0.25, 0.3) is 0 Å². The Balaban J connectivity index is 0.000000208. The molecular formula is C36H33AlO12P3. The van der Waals surface area contributed by atoms with Crippen molar-refractivity contribution in [3.8, 4) is 34.5 Å². The van der Waals surface area contributed by atoms with Crippen molar-refractivity contribution in [2.24, 2.45) is 0 Å². The van der Waals surface area contributed by atoms with E-state index in [1.54, 1.807) is 182 Å². The van der Waals surface area contributed by atoms with E-state index in [1.165, 1.54) is 0 Å². The molecule has 0 aromatic heterocycles. The number of para-hydroxylation sites is 6. The first-order valence-electron chi connectivity index (χ1n) is 14.9. The van der Waals surface area contributed by atoms with E-state index < -0.39 is 23.5 Å². The summed E-state index contributed by atoms with van der Waals surface area (Å²) in [7, 11) is -12.4. The van der Waals surface area contributed by atoms with Gasteiger partial charge in [0, 0.05) is 17.4 Å². The Morgan fingerprint density at radius 2 is 0.385 bits per heavy atom. The molecule has 0 saturated heterocycles. The van der Waals surface area contributed by atoms with Crippen molar-refractivity contribution in [1.82, 2.24) is 0 Å². The molecule has 3 radical (unpaired) electrons. The van der Waals surface area contributed by atoms with E-state index >= 15 is 0 Å². The van der Waals surface area contributed by atoms with Crippen molar-refractivity contribution in [2.75, 3.05) is 0 Å². The van der Waals surface area contributed by atoms with E-state index in [-0.39, 0.29) is 51.9 Å². The first kappa shape index (κ1) is 41.6. The van der Waals surface area contributed by atoms with E-state index in [0.717, 1.165) is 0 Å². The standard InChI is InChI=1S/3C12H11O4P.Al/c3*13-17(14,15-11-7-3-1-4-8-11)16-12-9-5-2-6-10-12;/h3*1-10H,(H,13,14);. The Hall–Kier alpha value is -4.78. The molecular weight excluding hydrogens is 744 g/mol. The lowest BCUT2D eigenvalue weighted by Gasteiger charge is -2.13. The van der Waals surface area contributed by atoms with E-state index in [1.807, 2.05) is 0 Å². The zero-order chi connectivity index (χ0) is 36.4. The van der Waals surface area contributed by atoms with Gasteiger partial charge in [-0.2, -0.15) is 0 Å². The Kier molecular flexibility index (Phi) is 16.8. The Morgan fingerprint density at radius 1 is 0.269 bits per heavy atom. The van der Waals surface area contributed by atoms with Crippen LogP contribution in [0.25, 0.3) is 0 Å². The van der Waals surface area contributed by atoms with Crippen LogP contribution in [0.3, 0.4) is 0 Å². The van der Waals surface area contributed by atoms with Crippen molar-refractivity contribution in [1.29, 1.82) is 0 Å². The maximum atomic E-state index is 11.7. The van der Waals surface area contributed by atoms with E-state index in [0.29, 0.717) is 0 Å². The van der Waals surface area contributed by atoms with Gasteiger partial charge < -0.3 is 27.1 Å². The highest BCUT2D eigenvalue weighted by molar-refractivity contribution is 7.48. The zero-order valence-corrected chi connectivity index (χ0v) is 31.1. The fourth-order valence-corrected chi connectivity index (χ4v) is 6.18. The van der Waals surface area contributed by atoms with Gasteiger partial charge in [-0.1, -0.05) is 109 Å². The predicted octanol–water partition coefficient (Wildman–Crippen LogP) is 9.35. The molecule has 0 spiro atoms. The number of benzene rings is 6. The highest BCUT2D eigenvalue weighted by Gasteiger charge is 2.26. The monoisotopic (exact) mass is 777 g/mol. The molecule has 6 rings (SSSR count). The van der Waals surface area contributed by atoms with E-state index in [9.17, 15) is 28.4 Å². The summed E-state index contributed by atoms with van der Waals surface area (Å²) in [6.07, 6.45) is 0. The molecule has 0 aliphatic carbocycles. The molecule has 0 unspecified atom stereocenters. The van der Waals surface area contributed by atoms with E-state index in [2.05, 4.69) is 0 Å². The summed E-state index contributed by atoms with van der Waals surface area (Å²) in [5.74, 6) is 1.72. The number of phosphoric acid groups is 3. The van der Waals surface area contributed by atoms with Crippen molar-refractivity contribution in [3.63, 3.8) is 0 Å². The van der Waals surface area contributed by atoms with Crippen LogP contribution in [0.5, 0.6) is 34.5 Å². The maximum absolute atomic E-state index is 11.7. The minimum atomic E-state index is -4.14. The molecule has 0 heterocycles. The number of phosphoric ester groups is 3. The van der Waals surface area contributed by atoms with Gasteiger partial charge in [0.05, 0.1) is 0 Å². The SMILES string of the molecule is O=P(O)(Oc1ccccc1)Oc1ccccc1.O=P(O)(Oc1ccccc1)Oc1ccccc1.O=P(O)(Oc1ccccc1)Oc1ccccc1.[Al]. The van der Waals surface area contributed by atoms with Crippen LogP contribution in [-0.2, 0) is 13.7 Å². The highest BCUT2D eigenvalue weighted by atomic mass is 31.2. The maximum Gasteiger partial charge on any atom is 0.584 e. The first-order valence-corrected chi connectivity index (χ1v) is 19.4. The van der Waals surface area contributed by atoms with Crippen molar-refractivity contribution in [3.05, 3.63) is 182 Å². The topological polar surface area (TPSA) is 167 Å². The van der Waals surface area contributed by atoms with Gasteiger partial charge >= 0.3 is 23.5 Å². The van der Waals surface area contributed by atoms with Crippen LogP contribution in [0.1, 0.15) is 0 Å². The summed E-state index contributed by atoms with van der Waals surface area (Å²) in [4.78, 5) is 28.6. The van der Waals surface area contributed by atoms with Gasteiger partial charge in [-0.05, 0) is 72.8 Å². The molecule has 6 aromatic rings. The fraction of sp³-hybridized carbons (Fsp3) is 0. The minimum absolute atomic E-state index is 0. The molecule has 6 aromatic carbocycles. The summed E-state index contributed by atoms with van der Waals surface area (Å²) in [5.41, 5.74) is 0. The average molecular weight is 778 g/mol. The average Bonchev–Trinajstić information content (AvgIpc) is 3.10. The zero-order valence-electron chi connectivity index (χ0n) is 27.3. The normalized spacial score (nSPS) is 10.7. The van der Waals surface area contributed by atoms with Crippen LogP contribution < -0.4 is 27.1 Å². The number of rotatable bonds is 12. The predicted molar refractivity (Wildman–Crippen MR) is 198 cm³/mol. The fourth-order valence-electron chi connectivity index (χ4n) is 3.74. The molecule has 0 bridgehead atoms. The van der Waals surface area contributed by atoms with Crippen molar-refractivity contribution < 1.29 is 55.5 Å². The molecule has 0 amide bonds. The third kappa shape index (κ3) is 16.5. The van der Waals surface area contributed by atoms with Crippen LogP contribution in [0.4, 0.5) is 0 Å². The Morgan fingerprint density at radius 3 is 0.500 bits per heavy atom. The lowest BCUT2D eigenvalue weighted by molar-refractivity contribution is 0.289. The van der Waals surface area contributed by atoms with Gasteiger partial charge in [-0.15, -0.1) is 0 Å². The van der Waals surface area contributed by atoms with Gasteiger partial charge in [0.15, 0.2) is 0 Å². The van der Waals surface area contributed by atoms with Crippen LogP contribution >= 0.6 is 23.5 Å². The summed E-state index contributed by atoms with van der Waals surface area (Å²) in [5, 5.41) is 0. The molecule has 52 heavy (non-hydrogen) atoms. The third-order valence-corrected chi connectivity index (χ3v) is 8.43. The largest absolute Gasteiger partial charge is 0.584 e. The van der Waals surface area contributed by atoms with Gasteiger partial charge in [0.2, 0.25) is 0 Å². The van der Waals surface area contributed by atoms with E-state index in [4.69, 9.17) is 27.1 Å². The summed E-state index contributed by atoms with van der Waals surface area (Å²) in [6, 6.07) is 50.2. The lowest BCUT2D eigenvalue weighted by Crippen LogP contribution is -1.99. The Bertz CT molecular complexity index is 1640. The van der Waals surface area contributed by atoms with Crippen LogP contribution in [-0.4, -0.2) is 32.0 Å². The highest BCUT2D eigenvalue weighted by Crippen LogP contribution is 2.46. The molecule has 0 saturated carbocycles. The van der Waals surface area contributed by atoms with Crippen LogP contribution in [0.2, 0.25) is 0 Å². The molecule has 0 aliphatic rings. The van der Waals surface area contributed by atoms with Gasteiger partial charge in [-0.3, -0.25) is 14.7 Å². The lowest BCUT2D eigenvalue weighted by atomic mass is 10.3. The summed E-state index contributed by atoms with van der Waals surface area (Å²) in [6.45, 7) is 0. The van der Waals surface area contributed by atoms with Crippen LogP contribution in [0, 0.1) is 0 Å². The second-order valence-electron chi connectivity index (χ2n) is 9.83. The quantitative estimate of drug-likeness (QED) is 0.0797. The van der Waals surface area contributed by atoms with Crippen molar-refractivity contribution in [2.45, 2.75) is 0 Å². The van der Waals surface area contributed by atoms with Crippen LogP contribution in [0.15, 0.2) is 182 Å². The molecule has 16 heteroatoms. The molecule has 0 fully saturated rings. The number of hydrogen-bond acceptors (Lipinski definition) is 9. The molecule has 12 nitrogen and oxygen atoms in total. The third-order valence-electron chi connectivity index (χ3n) is 5.78.